The van der Waals surface area contributed by atoms with Crippen LogP contribution in [0.4, 0.5) is 0 Å². The van der Waals surface area contributed by atoms with Gasteiger partial charge in [-0.25, -0.2) is 4.99 Å². The van der Waals surface area contributed by atoms with Crippen molar-refractivity contribution in [2.75, 3.05) is 6.61 Å². The van der Waals surface area contributed by atoms with Gasteiger partial charge in [0, 0.05) is 5.75 Å². The average Bonchev–Trinajstić information content (AvgIpc) is 3.22. The first-order chi connectivity index (χ1) is 15.1. The van der Waals surface area contributed by atoms with E-state index >= 15 is 0 Å². The fourth-order valence-corrected chi connectivity index (χ4v) is 6.45. The van der Waals surface area contributed by atoms with Crippen LogP contribution < -0.4 is 0 Å². The fraction of sp³-hybridized carbons (Fsp3) is 0.720. The summed E-state index contributed by atoms with van der Waals surface area (Å²) in [5, 5.41) is 0.939. The predicted octanol–water partition coefficient (Wildman–Crippen LogP) is 6.81. The van der Waals surface area contributed by atoms with Crippen LogP contribution in [0.1, 0.15) is 47.1 Å². The van der Waals surface area contributed by atoms with Gasteiger partial charge in [0.05, 0.1) is 6.61 Å². The van der Waals surface area contributed by atoms with Crippen molar-refractivity contribution in [3.05, 3.63) is 35.9 Å². The van der Waals surface area contributed by atoms with Gasteiger partial charge in [0.1, 0.15) is 12.2 Å². The van der Waals surface area contributed by atoms with Crippen LogP contribution in [0.25, 0.3) is 0 Å². The third-order valence-electron chi connectivity index (χ3n) is 7.61. The molecule has 8 heteroatoms. The summed E-state index contributed by atoms with van der Waals surface area (Å²) in [4.78, 5) is 4.78. The van der Waals surface area contributed by atoms with E-state index in [4.69, 9.17) is 23.3 Å². The molecular formula is C25H43NO4SSi2. The molecular weight excluding hydrogens is 467 g/mol. The Hall–Kier alpha value is -0.646. The van der Waals surface area contributed by atoms with Crippen LogP contribution in [0, 0.1) is 0 Å². The third-order valence-corrected chi connectivity index (χ3v) is 17.5. The molecule has 5 nitrogen and oxygen atoms in total. The summed E-state index contributed by atoms with van der Waals surface area (Å²) < 4.78 is 26.2. The predicted molar refractivity (Wildman–Crippen MR) is 144 cm³/mol. The van der Waals surface area contributed by atoms with Gasteiger partial charge >= 0.3 is 0 Å². The quantitative estimate of drug-likeness (QED) is 0.378. The maximum Gasteiger partial charge on any atom is 0.249 e. The summed E-state index contributed by atoms with van der Waals surface area (Å²) in [6.45, 7) is 23.2. The maximum atomic E-state index is 6.89. The van der Waals surface area contributed by atoms with E-state index in [-0.39, 0.29) is 34.6 Å². The zero-order valence-electron chi connectivity index (χ0n) is 22.1. The zero-order valence-corrected chi connectivity index (χ0v) is 24.9. The molecule has 0 saturated carbocycles. The summed E-state index contributed by atoms with van der Waals surface area (Å²) in [5.74, 6) is 0.824. The normalized spacial score (nSPS) is 26.2. The Balaban J connectivity index is 1.73. The molecule has 0 amide bonds. The van der Waals surface area contributed by atoms with Gasteiger partial charge in [-0.1, -0.05) is 83.6 Å². The van der Waals surface area contributed by atoms with Gasteiger partial charge in [0.15, 0.2) is 29.0 Å². The summed E-state index contributed by atoms with van der Waals surface area (Å²) in [6.07, 6.45) is -0.900. The van der Waals surface area contributed by atoms with Crippen molar-refractivity contribution in [2.24, 2.45) is 4.99 Å². The van der Waals surface area contributed by atoms with Gasteiger partial charge < -0.3 is 18.3 Å². The Labute approximate surface area is 207 Å². The largest absolute Gasteiger partial charge is 0.462 e. The molecule has 1 aromatic carbocycles. The van der Waals surface area contributed by atoms with Crippen molar-refractivity contribution in [2.45, 2.75) is 108 Å². The molecule has 0 aliphatic carbocycles. The Morgan fingerprint density at radius 3 is 2.12 bits per heavy atom. The Bertz CT molecular complexity index is 833. The molecule has 0 N–H and O–H groups in total. The highest BCUT2D eigenvalue weighted by molar-refractivity contribution is 8.12. The molecule has 0 radical (unpaired) electrons. The molecule has 1 saturated heterocycles. The molecule has 1 aromatic rings. The maximum absolute atomic E-state index is 6.89. The molecule has 0 unspecified atom stereocenters. The monoisotopic (exact) mass is 509 g/mol. The van der Waals surface area contributed by atoms with Crippen molar-refractivity contribution in [1.82, 2.24) is 0 Å². The van der Waals surface area contributed by atoms with Crippen LogP contribution in [0.3, 0.4) is 0 Å². The van der Waals surface area contributed by atoms with E-state index in [0.717, 1.165) is 5.75 Å². The SMILES string of the molecule is CC(C)(C)[Si](C)(C)OC[C@H]1O[C@@H]2N=C(SCc3ccccc3)O[C@@H]2[C@@H]1O[Si](C)(C)C(C)(C)C. The highest BCUT2D eigenvalue weighted by atomic mass is 32.2. The highest BCUT2D eigenvalue weighted by Gasteiger charge is 2.54. The van der Waals surface area contributed by atoms with E-state index in [9.17, 15) is 0 Å². The lowest BCUT2D eigenvalue weighted by Gasteiger charge is -2.41. The number of thioether (sulfide) groups is 1. The molecule has 33 heavy (non-hydrogen) atoms. The summed E-state index contributed by atoms with van der Waals surface area (Å²) in [7, 11) is -3.94. The number of fused-ring (bicyclic) bond motifs is 1. The first kappa shape index (κ1) is 26.9. The van der Waals surface area contributed by atoms with Crippen molar-refractivity contribution in [3.8, 4) is 0 Å². The number of hydrogen-bond acceptors (Lipinski definition) is 6. The van der Waals surface area contributed by atoms with Crippen LogP contribution in [-0.4, -0.2) is 53.0 Å². The molecule has 186 valence electrons. The minimum Gasteiger partial charge on any atom is -0.462 e. The third kappa shape index (κ3) is 6.33. The molecule has 2 heterocycles. The molecule has 2 aliphatic rings. The molecule has 1 fully saturated rings. The van der Waals surface area contributed by atoms with E-state index < -0.39 is 16.6 Å². The Morgan fingerprint density at radius 1 is 0.939 bits per heavy atom. The standard InChI is InChI=1S/C25H43NO4SSi2/c1-24(2,3)32(7,8)27-16-19-20(30-33(9,10)25(4,5)6)21-22(28-19)26-23(29-21)31-17-18-14-12-11-13-15-18/h11-15,19-22H,16-17H2,1-10H3/t19-,20-,21-,22+/m1/s1. The van der Waals surface area contributed by atoms with E-state index in [2.05, 4.69) is 92.0 Å². The van der Waals surface area contributed by atoms with Gasteiger partial charge in [0.25, 0.3) is 0 Å². The number of rotatable bonds is 7. The Morgan fingerprint density at radius 2 is 1.55 bits per heavy atom. The topological polar surface area (TPSA) is 49.3 Å². The lowest BCUT2D eigenvalue weighted by Crippen LogP contribution is -2.51. The fourth-order valence-electron chi connectivity index (χ4n) is 3.28. The minimum absolute atomic E-state index is 0.0975. The smallest absolute Gasteiger partial charge is 0.249 e. The number of nitrogens with zero attached hydrogens (tertiary/aromatic N) is 1. The second-order valence-electron chi connectivity index (χ2n) is 12.2. The highest BCUT2D eigenvalue weighted by Crippen LogP contribution is 2.43. The van der Waals surface area contributed by atoms with E-state index in [1.54, 1.807) is 11.8 Å². The number of benzene rings is 1. The minimum atomic E-state index is -2.04. The average molecular weight is 510 g/mol. The van der Waals surface area contributed by atoms with Gasteiger partial charge in [-0.3, -0.25) is 0 Å². The summed E-state index contributed by atoms with van der Waals surface area (Å²) in [5.41, 5.74) is 1.25. The van der Waals surface area contributed by atoms with Crippen LogP contribution in [0.2, 0.25) is 36.3 Å². The molecule has 2 aliphatic heterocycles. The first-order valence-electron chi connectivity index (χ1n) is 12.0. The summed E-state index contributed by atoms with van der Waals surface area (Å²) >= 11 is 1.62. The van der Waals surface area contributed by atoms with Crippen LogP contribution in [0.5, 0.6) is 0 Å². The molecule has 4 atom stereocenters. The van der Waals surface area contributed by atoms with Crippen LogP contribution >= 0.6 is 11.8 Å². The molecule has 0 bridgehead atoms. The Kier molecular flexibility index (Phi) is 7.99. The van der Waals surface area contributed by atoms with E-state index in [1.165, 1.54) is 5.56 Å². The van der Waals surface area contributed by atoms with E-state index in [0.29, 0.717) is 11.8 Å². The van der Waals surface area contributed by atoms with Gasteiger partial charge in [0.2, 0.25) is 5.23 Å². The number of aliphatic imine (C=N–C) groups is 1. The molecule has 3 rings (SSSR count). The van der Waals surface area contributed by atoms with Crippen LogP contribution in [-0.2, 0) is 24.1 Å². The van der Waals surface area contributed by atoms with Crippen molar-refractivity contribution < 1.29 is 18.3 Å². The zero-order chi connectivity index (χ0) is 24.7. The van der Waals surface area contributed by atoms with Gasteiger partial charge in [-0.15, -0.1) is 0 Å². The number of hydrogen-bond donors (Lipinski definition) is 0. The van der Waals surface area contributed by atoms with Crippen LogP contribution in [0.15, 0.2) is 35.3 Å². The molecule has 0 aromatic heterocycles. The van der Waals surface area contributed by atoms with Crippen molar-refractivity contribution >= 4 is 33.6 Å². The first-order valence-corrected chi connectivity index (χ1v) is 18.8. The van der Waals surface area contributed by atoms with Gasteiger partial charge in [-0.05, 0) is 41.8 Å². The summed E-state index contributed by atoms with van der Waals surface area (Å²) in [6, 6.07) is 10.4. The second kappa shape index (κ2) is 9.78. The lowest BCUT2D eigenvalue weighted by atomic mass is 10.1. The lowest BCUT2D eigenvalue weighted by molar-refractivity contribution is -0.0134. The van der Waals surface area contributed by atoms with E-state index in [1.807, 2.05) is 6.07 Å². The van der Waals surface area contributed by atoms with Gasteiger partial charge in [-0.2, -0.15) is 0 Å². The molecule has 0 spiro atoms. The number of ether oxygens (including phenoxy) is 2. The second-order valence-corrected chi connectivity index (χ2v) is 22.7. The van der Waals surface area contributed by atoms with Crippen molar-refractivity contribution in [1.29, 1.82) is 0 Å². The van der Waals surface area contributed by atoms with Crippen molar-refractivity contribution in [3.63, 3.8) is 0 Å².